The molecule has 66 valence electrons. The van der Waals surface area contributed by atoms with E-state index in [1.165, 1.54) is 6.20 Å². The molecule has 0 aliphatic heterocycles. The highest BCUT2D eigenvalue weighted by molar-refractivity contribution is 5.88. The molecule has 0 unspecified atom stereocenters. The summed E-state index contributed by atoms with van der Waals surface area (Å²) in [7, 11) is 0. The molecule has 0 aliphatic rings. The second-order valence-corrected chi connectivity index (χ2v) is 2.66. The zero-order valence-electron chi connectivity index (χ0n) is 6.64. The van der Waals surface area contributed by atoms with E-state index in [0.717, 1.165) is 10.1 Å². The number of fused-ring (bicyclic) bond motifs is 1. The number of hydrogen-bond donors (Lipinski definition) is 2. The van der Waals surface area contributed by atoms with Crippen LogP contribution >= 0.6 is 0 Å². The predicted octanol–water partition coefficient (Wildman–Crippen LogP) is 1.14. The molecule has 2 aromatic rings. The van der Waals surface area contributed by atoms with Crippen LogP contribution in [-0.2, 0) is 0 Å². The molecule has 3 N–H and O–H groups in total. The van der Waals surface area contributed by atoms with Gasteiger partial charge in [0.15, 0.2) is 0 Å². The van der Waals surface area contributed by atoms with Gasteiger partial charge in [-0.3, -0.25) is 0 Å². The molecule has 1 heterocycles. The largest absolute Gasteiger partial charge is 0.463 e. The van der Waals surface area contributed by atoms with Crippen LogP contribution in [0.1, 0.15) is 0 Å². The van der Waals surface area contributed by atoms with E-state index >= 15 is 0 Å². The van der Waals surface area contributed by atoms with Gasteiger partial charge in [-0.2, -0.15) is 9.78 Å². The minimum Gasteiger partial charge on any atom is -0.463 e. The van der Waals surface area contributed by atoms with E-state index in [0.29, 0.717) is 11.2 Å². The van der Waals surface area contributed by atoms with Crippen molar-refractivity contribution in [2.75, 3.05) is 5.73 Å². The molecule has 0 amide bonds. The van der Waals surface area contributed by atoms with E-state index in [1.54, 1.807) is 18.2 Å². The predicted molar refractivity (Wildman–Crippen MR) is 47.6 cm³/mol. The van der Waals surface area contributed by atoms with E-state index in [-0.39, 0.29) is 0 Å². The summed E-state index contributed by atoms with van der Waals surface area (Å²) in [5.41, 5.74) is 6.66. The molecular formula is C8H7N3O2. The van der Waals surface area contributed by atoms with Gasteiger partial charge in [-0.1, -0.05) is 0 Å². The molecule has 5 heteroatoms. The molecule has 0 aliphatic carbocycles. The lowest BCUT2D eigenvalue weighted by atomic mass is 10.2. The van der Waals surface area contributed by atoms with Crippen molar-refractivity contribution in [2.45, 2.75) is 0 Å². The number of aromatic nitrogens is 2. The summed E-state index contributed by atoms with van der Waals surface area (Å²) in [4.78, 5) is 10.6. The molecule has 2 rings (SSSR count). The minimum absolute atomic E-state index is 0.543. The third kappa shape index (κ3) is 1.10. The Kier molecular flexibility index (Phi) is 1.45. The SMILES string of the molecule is Nc1ccc2c(cnn2C(=O)O)c1. The van der Waals surface area contributed by atoms with Gasteiger partial charge in [0.2, 0.25) is 0 Å². The number of carboxylic acid groups (broad SMARTS) is 1. The van der Waals surface area contributed by atoms with E-state index in [1.807, 2.05) is 0 Å². The lowest BCUT2D eigenvalue weighted by molar-refractivity contribution is 0.194. The molecular weight excluding hydrogens is 170 g/mol. The van der Waals surface area contributed by atoms with Crippen LogP contribution in [0.3, 0.4) is 0 Å². The summed E-state index contributed by atoms with van der Waals surface area (Å²) in [6.07, 6.45) is 0.375. The molecule has 13 heavy (non-hydrogen) atoms. The first-order chi connectivity index (χ1) is 6.18. The van der Waals surface area contributed by atoms with Crippen LogP contribution in [0.4, 0.5) is 10.5 Å². The summed E-state index contributed by atoms with van der Waals surface area (Å²) < 4.78 is 0.911. The van der Waals surface area contributed by atoms with Crippen molar-refractivity contribution in [3.05, 3.63) is 24.4 Å². The third-order valence-corrected chi connectivity index (χ3v) is 1.77. The summed E-state index contributed by atoms with van der Waals surface area (Å²) in [6.45, 7) is 0. The normalized spacial score (nSPS) is 10.5. The van der Waals surface area contributed by atoms with Crippen LogP contribution in [0.2, 0.25) is 0 Å². The molecule has 1 aromatic heterocycles. The second kappa shape index (κ2) is 2.48. The highest BCUT2D eigenvalue weighted by atomic mass is 16.4. The van der Waals surface area contributed by atoms with Crippen molar-refractivity contribution >= 4 is 22.7 Å². The minimum atomic E-state index is -1.10. The fourth-order valence-corrected chi connectivity index (χ4v) is 1.20. The third-order valence-electron chi connectivity index (χ3n) is 1.77. The Morgan fingerprint density at radius 3 is 3.00 bits per heavy atom. The van der Waals surface area contributed by atoms with E-state index in [4.69, 9.17) is 10.8 Å². The number of carbonyl (C=O) groups is 1. The van der Waals surface area contributed by atoms with Crippen LogP contribution in [0.25, 0.3) is 10.9 Å². The Bertz CT molecular complexity index is 475. The van der Waals surface area contributed by atoms with E-state index in [2.05, 4.69) is 5.10 Å². The average molecular weight is 177 g/mol. The van der Waals surface area contributed by atoms with Crippen LogP contribution in [0.5, 0.6) is 0 Å². The van der Waals surface area contributed by atoms with Gasteiger partial charge in [-0.15, -0.1) is 0 Å². The van der Waals surface area contributed by atoms with Crippen LogP contribution in [-0.4, -0.2) is 21.0 Å². The number of nitrogens with two attached hydrogens (primary N) is 1. The fourth-order valence-electron chi connectivity index (χ4n) is 1.20. The summed E-state index contributed by atoms with van der Waals surface area (Å²) in [6, 6.07) is 4.96. The molecule has 0 spiro atoms. The van der Waals surface area contributed by atoms with Crippen molar-refractivity contribution in [1.29, 1.82) is 0 Å². The first-order valence-electron chi connectivity index (χ1n) is 3.65. The van der Waals surface area contributed by atoms with Crippen LogP contribution in [0, 0.1) is 0 Å². The van der Waals surface area contributed by atoms with E-state index < -0.39 is 6.09 Å². The van der Waals surface area contributed by atoms with Crippen molar-refractivity contribution in [1.82, 2.24) is 9.78 Å². The lowest BCUT2D eigenvalue weighted by Crippen LogP contribution is -2.08. The molecule has 1 aromatic carbocycles. The summed E-state index contributed by atoms with van der Waals surface area (Å²) >= 11 is 0. The molecule has 0 bridgehead atoms. The number of rotatable bonds is 0. The first-order valence-corrected chi connectivity index (χ1v) is 3.65. The van der Waals surface area contributed by atoms with Gasteiger partial charge in [-0.05, 0) is 18.2 Å². The maximum absolute atomic E-state index is 10.6. The molecule has 0 saturated heterocycles. The van der Waals surface area contributed by atoms with Gasteiger partial charge in [0.25, 0.3) is 0 Å². The van der Waals surface area contributed by atoms with Crippen molar-refractivity contribution in [3.63, 3.8) is 0 Å². The van der Waals surface area contributed by atoms with Crippen molar-refractivity contribution < 1.29 is 9.90 Å². The summed E-state index contributed by atoms with van der Waals surface area (Å²) in [5.74, 6) is 0. The highest BCUT2D eigenvalue weighted by Crippen LogP contribution is 2.16. The van der Waals surface area contributed by atoms with Gasteiger partial charge in [0, 0.05) is 11.1 Å². The van der Waals surface area contributed by atoms with Gasteiger partial charge < -0.3 is 10.8 Å². The monoisotopic (exact) mass is 177 g/mol. The number of anilines is 1. The zero-order chi connectivity index (χ0) is 9.42. The Balaban J connectivity index is 2.76. The fraction of sp³-hybridized carbons (Fsp3) is 0. The molecule has 0 fully saturated rings. The smallest absolute Gasteiger partial charge is 0.432 e. The standard InChI is InChI=1S/C8H7N3O2/c9-6-1-2-7-5(3-6)4-10-11(7)8(12)13/h1-4H,9H2,(H,12,13). The van der Waals surface area contributed by atoms with Gasteiger partial charge in [0.05, 0.1) is 11.7 Å². The quantitative estimate of drug-likeness (QED) is 0.591. The van der Waals surface area contributed by atoms with Crippen molar-refractivity contribution in [2.24, 2.45) is 0 Å². The number of hydrogen-bond acceptors (Lipinski definition) is 3. The topological polar surface area (TPSA) is 81.1 Å². The highest BCUT2D eigenvalue weighted by Gasteiger charge is 2.07. The number of nitrogens with zero attached hydrogens (tertiary/aromatic N) is 2. The maximum Gasteiger partial charge on any atom is 0.432 e. The van der Waals surface area contributed by atoms with Gasteiger partial charge >= 0.3 is 6.09 Å². The molecule has 0 atom stereocenters. The first kappa shape index (κ1) is 7.60. The number of benzene rings is 1. The van der Waals surface area contributed by atoms with Gasteiger partial charge in [0.1, 0.15) is 0 Å². The average Bonchev–Trinajstić information content (AvgIpc) is 2.46. The van der Waals surface area contributed by atoms with Gasteiger partial charge in [-0.25, -0.2) is 4.79 Å². The van der Waals surface area contributed by atoms with Crippen LogP contribution < -0.4 is 5.73 Å². The molecule has 0 radical (unpaired) electrons. The lowest BCUT2D eigenvalue weighted by Gasteiger charge is -1.95. The molecule has 0 saturated carbocycles. The van der Waals surface area contributed by atoms with Crippen molar-refractivity contribution in [3.8, 4) is 0 Å². The van der Waals surface area contributed by atoms with E-state index in [9.17, 15) is 4.79 Å². The second-order valence-electron chi connectivity index (χ2n) is 2.66. The Morgan fingerprint density at radius 1 is 1.54 bits per heavy atom. The summed E-state index contributed by atoms with van der Waals surface area (Å²) in [5, 5.41) is 13.1. The Hall–Kier alpha value is -2.04. The number of nitrogen functional groups attached to an aromatic ring is 1. The zero-order valence-corrected chi connectivity index (χ0v) is 6.64. The van der Waals surface area contributed by atoms with Crippen LogP contribution in [0.15, 0.2) is 24.4 Å². The molecule has 5 nitrogen and oxygen atoms in total. The Morgan fingerprint density at radius 2 is 2.31 bits per heavy atom. The Labute approximate surface area is 73.4 Å². The maximum atomic E-state index is 10.6.